The Morgan fingerprint density at radius 1 is 1.24 bits per heavy atom. The second-order valence-electron chi connectivity index (χ2n) is 5.34. The van der Waals surface area contributed by atoms with Crippen LogP contribution >= 0.6 is 0 Å². The van der Waals surface area contributed by atoms with Gasteiger partial charge in [-0.3, -0.25) is 9.69 Å². The minimum Gasteiger partial charge on any atom is -0.379 e. The Morgan fingerprint density at radius 3 is 2.29 bits per heavy atom. The highest BCUT2D eigenvalue weighted by molar-refractivity contribution is 5.86. The molecule has 1 heterocycles. The molecule has 1 aliphatic rings. The predicted molar refractivity (Wildman–Crippen MR) is 69.2 cm³/mol. The lowest BCUT2D eigenvalue weighted by atomic mass is 10.0. The number of ketones is 1. The van der Waals surface area contributed by atoms with Crippen molar-refractivity contribution in [2.24, 2.45) is 5.92 Å². The molecule has 1 saturated heterocycles. The zero-order chi connectivity index (χ0) is 12.8. The molecule has 1 rings (SSSR count). The van der Waals surface area contributed by atoms with Crippen molar-refractivity contribution in [3.05, 3.63) is 0 Å². The Kier molecular flexibility index (Phi) is 6.09. The zero-order valence-corrected chi connectivity index (χ0v) is 11.5. The Bertz CT molecular complexity index is 236. The van der Waals surface area contributed by atoms with Crippen LogP contribution in [0.25, 0.3) is 0 Å². The van der Waals surface area contributed by atoms with E-state index in [0.717, 1.165) is 32.8 Å². The molecule has 4 nitrogen and oxygen atoms in total. The fourth-order valence-corrected chi connectivity index (χ4v) is 2.07. The summed E-state index contributed by atoms with van der Waals surface area (Å²) < 4.78 is 5.32. The first-order valence-electron chi connectivity index (χ1n) is 6.60. The third kappa shape index (κ3) is 5.15. The van der Waals surface area contributed by atoms with Crippen molar-refractivity contribution >= 4 is 5.78 Å². The molecule has 1 aliphatic heterocycles. The molecule has 0 aromatic rings. The fourth-order valence-electron chi connectivity index (χ4n) is 2.07. The van der Waals surface area contributed by atoms with Gasteiger partial charge in [-0.25, -0.2) is 0 Å². The number of nitrogens with zero attached hydrogens (tertiary/aromatic N) is 1. The first-order valence-corrected chi connectivity index (χ1v) is 6.60. The lowest BCUT2D eigenvalue weighted by Gasteiger charge is -2.31. The molecule has 100 valence electrons. The van der Waals surface area contributed by atoms with E-state index in [0.29, 0.717) is 11.8 Å². The van der Waals surface area contributed by atoms with E-state index in [1.54, 1.807) is 0 Å². The summed E-state index contributed by atoms with van der Waals surface area (Å²) in [5.41, 5.74) is 0. The first kappa shape index (κ1) is 14.6. The number of Topliss-reactive ketones (excluding diaryl/α,β-unsaturated/α-hetero) is 1. The number of morpholine rings is 1. The molecule has 0 radical (unpaired) electrons. The maximum absolute atomic E-state index is 12.1. The standard InChI is InChI=1S/C13H26N2O2/c1-10(2)13(16)12(14-11(3)4)9-15-5-7-17-8-6-15/h10-12,14H,5-9H2,1-4H3. The number of hydrogen-bond donors (Lipinski definition) is 1. The molecule has 1 fully saturated rings. The van der Waals surface area contributed by atoms with Gasteiger partial charge >= 0.3 is 0 Å². The van der Waals surface area contributed by atoms with E-state index in [1.807, 2.05) is 13.8 Å². The zero-order valence-electron chi connectivity index (χ0n) is 11.5. The van der Waals surface area contributed by atoms with E-state index in [2.05, 4.69) is 24.1 Å². The van der Waals surface area contributed by atoms with Crippen LogP contribution in [0.1, 0.15) is 27.7 Å². The van der Waals surface area contributed by atoms with Crippen LogP contribution in [0.3, 0.4) is 0 Å². The maximum atomic E-state index is 12.1. The number of nitrogens with one attached hydrogen (secondary N) is 1. The van der Waals surface area contributed by atoms with Gasteiger partial charge in [0.2, 0.25) is 0 Å². The number of carbonyl (C=O) groups is 1. The highest BCUT2D eigenvalue weighted by Crippen LogP contribution is 2.05. The molecule has 0 aromatic heterocycles. The molecule has 1 atom stereocenters. The van der Waals surface area contributed by atoms with Gasteiger partial charge in [0.25, 0.3) is 0 Å². The van der Waals surface area contributed by atoms with Crippen LogP contribution in [0.4, 0.5) is 0 Å². The summed E-state index contributed by atoms with van der Waals surface area (Å²) in [6, 6.07) is 0.289. The maximum Gasteiger partial charge on any atom is 0.153 e. The Morgan fingerprint density at radius 2 is 1.82 bits per heavy atom. The molecule has 0 saturated carbocycles. The topological polar surface area (TPSA) is 41.6 Å². The molecule has 0 bridgehead atoms. The minimum atomic E-state index is -0.0481. The normalized spacial score (nSPS) is 19.9. The third-order valence-corrected chi connectivity index (χ3v) is 2.99. The summed E-state index contributed by atoms with van der Waals surface area (Å²) in [5.74, 6) is 0.400. The van der Waals surface area contributed by atoms with Crippen LogP contribution in [0.15, 0.2) is 0 Å². The van der Waals surface area contributed by atoms with Crippen LogP contribution in [0.5, 0.6) is 0 Å². The summed E-state index contributed by atoms with van der Waals surface area (Å²) >= 11 is 0. The van der Waals surface area contributed by atoms with Gasteiger partial charge in [-0.05, 0) is 0 Å². The van der Waals surface area contributed by atoms with Crippen molar-refractivity contribution in [3.63, 3.8) is 0 Å². The minimum absolute atomic E-state index is 0.0481. The van der Waals surface area contributed by atoms with E-state index >= 15 is 0 Å². The average molecular weight is 242 g/mol. The number of rotatable bonds is 6. The van der Waals surface area contributed by atoms with Crippen molar-refractivity contribution in [3.8, 4) is 0 Å². The molecule has 0 spiro atoms. The lowest BCUT2D eigenvalue weighted by Crippen LogP contribution is -2.52. The largest absolute Gasteiger partial charge is 0.379 e. The van der Waals surface area contributed by atoms with Gasteiger partial charge in [0.1, 0.15) is 0 Å². The van der Waals surface area contributed by atoms with Crippen LogP contribution in [0, 0.1) is 5.92 Å². The molecular weight excluding hydrogens is 216 g/mol. The molecule has 1 N–H and O–H groups in total. The number of carbonyl (C=O) groups excluding carboxylic acids is 1. The molecule has 0 aliphatic carbocycles. The summed E-state index contributed by atoms with van der Waals surface area (Å²) in [7, 11) is 0. The molecule has 1 unspecified atom stereocenters. The van der Waals surface area contributed by atoms with E-state index < -0.39 is 0 Å². The molecule has 17 heavy (non-hydrogen) atoms. The molecule has 4 heteroatoms. The van der Waals surface area contributed by atoms with Crippen molar-refractivity contribution in [2.45, 2.75) is 39.8 Å². The summed E-state index contributed by atoms with van der Waals surface area (Å²) in [4.78, 5) is 14.4. The lowest BCUT2D eigenvalue weighted by molar-refractivity contribution is -0.125. The van der Waals surface area contributed by atoms with Crippen molar-refractivity contribution < 1.29 is 9.53 Å². The van der Waals surface area contributed by atoms with Gasteiger partial charge in [0.05, 0.1) is 19.3 Å². The quantitative estimate of drug-likeness (QED) is 0.752. The highest BCUT2D eigenvalue weighted by atomic mass is 16.5. The van der Waals surface area contributed by atoms with Gasteiger partial charge in [-0.15, -0.1) is 0 Å². The molecule has 0 aromatic carbocycles. The highest BCUT2D eigenvalue weighted by Gasteiger charge is 2.24. The summed E-state index contributed by atoms with van der Waals surface area (Å²) in [5, 5.41) is 3.38. The van der Waals surface area contributed by atoms with Crippen molar-refractivity contribution in [1.82, 2.24) is 10.2 Å². The molecule has 0 amide bonds. The SMILES string of the molecule is CC(C)NC(CN1CCOCC1)C(=O)C(C)C. The Balaban J connectivity index is 2.52. The monoisotopic (exact) mass is 242 g/mol. The predicted octanol–water partition coefficient (Wildman–Crippen LogP) is 0.910. The van der Waals surface area contributed by atoms with Crippen molar-refractivity contribution in [1.29, 1.82) is 0 Å². The Labute approximate surface area is 105 Å². The van der Waals surface area contributed by atoms with Crippen LogP contribution < -0.4 is 5.32 Å². The third-order valence-electron chi connectivity index (χ3n) is 2.99. The van der Waals surface area contributed by atoms with Gasteiger partial charge < -0.3 is 10.1 Å². The fraction of sp³-hybridized carbons (Fsp3) is 0.923. The van der Waals surface area contributed by atoms with E-state index in [1.165, 1.54) is 0 Å². The Hall–Kier alpha value is -0.450. The summed E-state index contributed by atoms with van der Waals surface area (Å²) in [6.07, 6.45) is 0. The first-order chi connectivity index (χ1) is 8.00. The van der Waals surface area contributed by atoms with Crippen molar-refractivity contribution in [2.75, 3.05) is 32.8 Å². The smallest absolute Gasteiger partial charge is 0.153 e. The summed E-state index contributed by atoms with van der Waals surface area (Å²) in [6.45, 7) is 12.3. The van der Waals surface area contributed by atoms with Crippen LogP contribution in [0.2, 0.25) is 0 Å². The number of hydrogen-bond acceptors (Lipinski definition) is 4. The van der Waals surface area contributed by atoms with Crippen LogP contribution in [-0.2, 0) is 9.53 Å². The van der Waals surface area contributed by atoms with E-state index in [9.17, 15) is 4.79 Å². The second-order valence-corrected chi connectivity index (χ2v) is 5.34. The van der Waals surface area contributed by atoms with Gasteiger partial charge in [0, 0.05) is 31.6 Å². The average Bonchev–Trinajstić information content (AvgIpc) is 2.28. The van der Waals surface area contributed by atoms with E-state index in [4.69, 9.17) is 4.74 Å². The number of ether oxygens (including phenoxy) is 1. The van der Waals surface area contributed by atoms with E-state index in [-0.39, 0.29) is 12.0 Å². The molecular formula is C13H26N2O2. The second kappa shape index (κ2) is 7.09. The van der Waals surface area contributed by atoms with Gasteiger partial charge in [-0.1, -0.05) is 27.7 Å². The van der Waals surface area contributed by atoms with Gasteiger partial charge in [-0.2, -0.15) is 0 Å². The van der Waals surface area contributed by atoms with Gasteiger partial charge in [0.15, 0.2) is 5.78 Å². The van der Waals surface area contributed by atoms with Crippen LogP contribution in [-0.4, -0.2) is 55.6 Å².